The van der Waals surface area contributed by atoms with E-state index in [0.29, 0.717) is 0 Å². The van der Waals surface area contributed by atoms with E-state index in [1.165, 1.54) is 0 Å². The second kappa shape index (κ2) is 19.7. The third-order valence-electron chi connectivity index (χ3n) is 6.87. The maximum absolute atomic E-state index is 14.5. The highest BCUT2D eigenvalue weighted by Gasteiger charge is 2.33. The molecule has 15 heteroatoms. The molecule has 2 aromatic rings. The van der Waals surface area contributed by atoms with Crippen molar-refractivity contribution in [2.45, 2.75) is 80.1 Å². The van der Waals surface area contributed by atoms with Gasteiger partial charge in [-0.2, -0.15) is 0 Å². The highest BCUT2D eigenvalue weighted by atomic mass is 16.5. The smallest absolute Gasteiger partial charge is 0.355 e. The number of aromatic amines is 2. The van der Waals surface area contributed by atoms with Gasteiger partial charge in [-0.3, -0.25) is 24.0 Å². The minimum absolute atomic E-state index is 0.0209. The van der Waals surface area contributed by atoms with Crippen LogP contribution in [0.4, 0.5) is 0 Å². The van der Waals surface area contributed by atoms with Gasteiger partial charge in [-0.05, 0) is 76.6 Å². The molecule has 15 nitrogen and oxygen atoms in total. The maximum atomic E-state index is 14.5. The number of ketones is 1. The number of hydrogen-bond acceptors (Lipinski definition) is 13. The molecule has 0 radical (unpaired) electrons. The Morgan fingerprint density at radius 3 is 1.04 bits per heavy atom. The van der Waals surface area contributed by atoms with E-state index < -0.39 is 54.4 Å². The highest BCUT2D eigenvalue weighted by molar-refractivity contribution is 6.11. The molecule has 2 N–H and O–H groups in total. The molecule has 0 bridgehead atoms. The Kier molecular flexibility index (Phi) is 16.1. The van der Waals surface area contributed by atoms with E-state index in [0.717, 1.165) is 0 Å². The van der Waals surface area contributed by atoms with Crippen molar-refractivity contribution in [2.75, 3.05) is 39.6 Å². The van der Waals surface area contributed by atoms with E-state index in [1.807, 2.05) is 0 Å². The summed E-state index contributed by atoms with van der Waals surface area (Å²) in [5.41, 5.74) is -0.363. The molecule has 0 saturated carbocycles. The van der Waals surface area contributed by atoms with Gasteiger partial charge >= 0.3 is 35.8 Å². The number of esters is 6. The van der Waals surface area contributed by atoms with Crippen molar-refractivity contribution in [3.63, 3.8) is 0 Å². The Balaban J connectivity index is 2.91. The lowest BCUT2D eigenvalue weighted by Gasteiger charge is -2.10. The van der Waals surface area contributed by atoms with Gasteiger partial charge in [0.15, 0.2) is 0 Å². The van der Waals surface area contributed by atoms with E-state index in [2.05, 4.69) is 9.97 Å². The minimum Gasteiger partial charge on any atom is -0.466 e. The number of aromatic nitrogens is 2. The first-order valence-electron chi connectivity index (χ1n) is 16.0. The van der Waals surface area contributed by atoms with Gasteiger partial charge in [0.2, 0.25) is 5.78 Å². The Morgan fingerprint density at radius 1 is 0.417 bits per heavy atom. The van der Waals surface area contributed by atoms with E-state index in [9.17, 15) is 33.6 Å². The second-order valence-electron chi connectivity index (χ2n) is 10.0. The van der Waals surface area contributed by atoms with Crippen LogP contribution < -0.4 is 0 Å². The third kappa shape index (κ3) is 10.5. The number of H-pyrrole nitrogens is 2. The van der Waals surface area contributed by atoms with Gasteiger partial charge in [0.05, 0.1) is 63.9 Å². The summed E-state index contributed by atoms with van der Waals surface area (Å²) in [6.45, 7) is 9.90. The standard InChI is InChI=1S/C33H44N2O13/c1-7-43-23(36)15-13-19-21(17-25(38)45-9-3)29(32(41)47-11-5)34-27(19)31(40)28-20(14-16-24(37)44-8-2)22(18-26(39)46-10-4)30(35-28)33(42)48-12-6/h34-35H,7-18H2,1-6H3. The number of carbonyl (C=O) groups excluding carboxylic acids is 7. The lowest BCUT2D eigenvalue weighted by atomic mass is 9.95. The molecule has 0 aliphatic heterocycles. The van der Waals surface area contributed by atoms with Crippen molar-refractivity contribution >= 4 is 41.6 Å². The Morgan fingerprint density at radius 2 is 0.729 bits per heavy atom. The van der Waals surface area contributed by atoms with Crippen molar-refractivity contribution in [2.24, 2.45) is 0 Å². The largest absolute Gasteiger partial charge is 0.466 e. The molecule has 2 rings (SSSR count). The van der Waals surface area contributed by atoms with Crippen LogP contribution in [-0.2, 0) is 73.3 Å². The van der Waals surface area contributed by atoms with Gasteiger partial charge in [0.1, 0.15) is 11.4 Å². The summed E-state index contributed by atoms with van der Waals surface area (Å²) in [6, 6.07) is 0. The lowest BCUT2D eigenvalue weighted by molar-refractivity contribution is -0.144. The van der Waals surface area contributed by atoms with Crippen LogP contribution in [-0.4, -0.2) is 91.2 Å². The molecular formula is C33H44N2O13. The van der Waals surface area contributed by atoms with Crippen molar-refractivity contribution < 1.29 is 62.0 Å². The van der Waals surface area contributed by atoms with Crippen LogP contribution in [0.25, 0.3) is 0 Å². The SMILES string of the molecule is CCOC(=O)CCc1c(C(=O)c2[nH]c(C(=O)OCC)c(CC(=O)OCC)c2CCC(=O)OCC)[nH]c(C(=O)OCC)c1CC(=O)OCC. The van der Waals surface area contributed by atoms with Crippen LogP contribution in [0.15, 0.2) is 0 Å². The molecule has 0 saturated heterocycles. The first-order chi connectivity index (χ1) is 23.0. The van der Waals surface area contributed by atoms with Gasteiger partial charge < -0.3 is 38.4 Å². The summed E-state index contributed by atoms with van der Waals surface area (Å²) >= 11 is 0. The number of ether oxygens (including phenoxy) is 6. The normalized spacial score (nSPS) is 10.6. The fourth-order valence-electron chi connectivity index (χ4n) is 5.00. The molecule has 0 aromatic carbocycles. The summed E-state index contributed by atoms with van der Waals surface area (Å²) in [5.74, 6) is -5.10. The number of nitrogens with one attached hydrogen (secondary N) is 2. The molecular weight excluding hydrogens is 632 g/mol. The monoisotopic (exact) mass is 676 g/mol. The summed E-state index contributed by atoms with van der Waals surface area (Å²) in [7, 11) is 0. The maximum Gasteiger partial charge on any atom is 0.355 e. The third-order valence-corrected chi connectivity index (χ3v) is 6.87. The van der Waals surface area contributed by atoms with Gasteiger partial charge in [-0.15, -0.1) is 0 Å². The molecule has 0 spiro atoms. The van der Waals surface area contributed by atoms with Gasteiger partial charge in [-0.25, -0.2) is 9.59 Å². The molecule has 0 aliphatic rings. The van der Waals surface area contributed by atoms with Gasteiger partial charge in [0, 0.05) is 12.8 Å². The molecule has 2 heterocycles. The van der Waals surface area contributed by atoms with E-state index in [1.54, 1.807) is 41.5 Å². The van der Waals surface area contributed by atoms with Crippen LogP contribution in [0.3, 0.4) is 0 Å². The summed E-state index contributed by atoms with van der Waals surface area (Å²) < 4.78 is 30.7. The second-order valence-corrected chi connectivity index (χ2v) is 10.0. The number of carbonyl (C=O) groups is 7. The quantitative estimate of drug-likeness (QED) is 0.118. The molecule has 264 valence electrons. The number of rotatable bonds is 20. The van der Waals surface area contributed by atoms with Gasteiger partial charge in [-0.1, -0.05) is 0 Å². The zero-order valence-corrected chi connectivity index (χ0v) is 28.3. The topological polar surface area (TPSA) is 206 Å². The first kappa shape index (κ1) is 39.2. The summed E-state index contributed by atoms with van der Waals surface area (Å²) in [5, 5.41) is 0. The first-order valence-corrected chi connectivity index (χ1v) is 16.0. The van der Waals surface area contributed by atoms with Crippen molar-refractivity contribution in [1.82, 2.24) is 9.97 Å². The predicted octanol–water partition coefficient (Wildman–Crippen LogP) is 3.13. The highest BCUT2D eigenvalue weighted by Crippen LogP contribution is 2.30. The van der Waals surface area contributed by atoms with Crippen LogP contribution in [0.5, 0.6) is 0 Å². The van der Waals surface area contributed by atoms with Crippen LogP contribution >= 0.6 is 0 Å². The predicted molar refractivity (Wildman–Crippen MR) is 168 cm³/mol. The van der Waals surface area contributed by atoms with Crippen LogP contribution in [0, 0.1) is 0 Å². The fourth-order valence-corrected chi connectivity index (χ4v) is 5.00. The fraction of sp³-hybridized carbons (Fsp3) is 0.545. The average Bonchev–Trinajstić information content (AvgIpc) is 3.57. The van der Waals surface area contributed by atoms with E-state index >= 15 is 0 Å². The molecule has 0 unspecified atom stereocenters. The van der Waals surface area contributed by atoms with E-state index in [-0.39, 0.29) is 110 Å². The Labute approximate surface area is 278 Å². The molecule has 0 atom stereocenters. The van der Waals surface area contributed by atoms with Gasteiger partial charge in [0.25, 0.3) is 0 Å². The lowest BCUT2D eigenvalue weighted by Crippen LogP contribution is -2.15. The number of hydrogen-bond donors (Lipinski definition) is 2. The van der Waals surface area contributed by atoms with Crippen LogP contribution in [0.1, 0.15) is 114 Å². The van der Waals surface area contributed by atoms with Crippen molar-refractivity contribution in [1.29, 1.82) is 0 Å². The summed E-state index contributed by atoms with van der Waals surface area (Å²) in [6.07, 6.45) is -1.58. The zero-order valence-electron chi connectivity index (χ0n) is 28.3. The molecule has 48 heavy (non-hydrogen) atoms. The van der Waals surface area contributed by atoms with E-state index in [4.69, 9.17) is 28.4 Å². The minimum atomic E-state index is -0.863. The molecule has 0 aliphatic carbocycles. The summed E-state index contributed by atoms with van der Waals surface area (Å²) in [4.78, 5) is 96.4. The molecule has 0 amide bonds. The molecule has 0 fully saturated rings. The van der Waals surface area contributed by atoms with Crippen molar-refractivity contribution in [3.05, 3.63) is 45.0 Å². The Bertz CT molecular complexity index is 1380. The van der Waals surface area contributed by atoms with Crippen molar-refractivity contribution in [3.8, 4) is 0 Å². The van der Waals surface area contributed by atoms with Crippen LogP contribution in [0.2, 0.25) is 0 Å². The average molecular weight is 677 g/mol. The zero-order chi connectivity index (χ0) is 35.8. The Hall–Kier alpha value is -4.95. The molecule has 2 aromatic heterocycles.